The molecule has 1 amide bonds. The Kier molecular flexibility index (Phi) is 4.67. The van der Waals surface area contributed by atoms with E-state index >= 15 is 0 Å². The summed E-state index contributed by atoms with van der Waals surface area (Å²) >= 11 is 1.55. The molecule has 2 aromatic rings. The predicted molar refractivity (Wildman–Crippen MR) is 97.2 cm³/mol. The average molecular weight is 358 g/mol. The Bertz CT molecular complexity index is 757. The summed E-state index contributed by atoms with van der Waals surface area (Å²) in [6.07, 6.45) is 2.55. The van der Waals surface area contributed by atoms with Crippen LogP contribution >= 0.6 is 11.3 Å². The van der Waals surface area contributed by atoms with Crippen molar-refractivity contribution in [1.82, 2.24) is 14.9 Å². The number of hydrogen-bond donors (Lipinski definition) is 1. The van der Waals surface area contributed by atoms with E-state index in [-0.39, 0.29) is 5.91 Å². The molecule has 2 aromatic heterocycles. The van der Waals surface area contributed by atoms with E-state index in [0.717, 1.165) is 60.9 Å². The largest absolute Gasteiger partial charge is 0.379 e. The van der Waals surface area contributed by atoms with Gasteiger partial charge >= 0.3 is 0 Å². The van der Waals surface area contributed by atoms with Gasteiger partial charge in [-0.2, -0.15) is 11.3 Å². The number of thiophene rings is 1. The number of nitrogens with zero attached hydrogens (tertiary/aromatic N) is 3. The van der Waals surface area contributed by atoms with E-state index in [2.05, 4.69) is 15.3 Å². The number of aryl methyl sites for hydroxylation is 1. The van der Waals surface area contributed by atoms with E-state index in [1.807, 2.05) is 28.7 Å². The molecule has 2 aliphatic heterocycles. The minimum Gasteiger partial charge on any atom is -0.379 e. The first kappa shape index (κ1) is 16.5. The smallest absolute Gasteiger partial charge is 0.254 e. The number of fused-ring (bicyclic) bond motifs is 1. The molecule has 0 unspecified atom stereocenters. The number of carbonyl (C=O) groups excluding carboxylic acids is 1. The van der Waals surface area contributed by atoms with E-state index in [1.54, 1.807) is 11.3 Å². The third-order valence-electron chi connectivity index (χ3n) is 4.78. The van der Waals surface area contributed by atoms with Crippen molar-refractivity contribution in [2.45, 2.75) is 32.2 Å². The molecule has 0 aromatic carbocycles. The van der Waals surface area contributed by atoms with Gasteiger partial charge in [0.2, 0.25) is 0 Å². The molecule has 4 heterocycles. The van der Waals surface area contributed by atoms with Crippen molar-refractivity contribution in [2.75, 3.05) is 31.6 Å². The fraction of sp³-hybridized carbons (Fsp3) is 0.500. The first-order chi connectivity index (χ1) is 12.2. The topological polar surface area (TPSA) is 67.4 Å². The molecule has 7 heteroatoms. The maximum atomic E-state index is 12.7. The van der Waals surface area contributed by atoms with Crippen molar-refractivity contribution < 1.29 is 9.53 Å². The highest BCUT2D eigenvalue weighted by molar-refractivity contribution is 7.08. The highest BCUT2D eigenvalue weighted by atomic mass is 32.1. The van der Waals surface area contributed by atoms with Gasteiger partial charge in [0.25, 0.3) is 5.91 Å². The van der Waals surface area contributed by atoms with E-state index in [4.69, 9.17) is 4.74 Å². The fourth-order valence-corrected chi connectivity index (χ4v) is 4.09. The summed E-state index contributed by atoms with van der Waals surface area (Å²) in [6.45, 7) is 4.84. The summed E-state index contributed by atoms with van der Waals surface area (Å²) in [6, 6.07) is 2.20. The molecule has 1 saturated heterocycles. The van der Waals surface area contributed by atoms with Crippen molar-refractivity contribution in [3.8, 4) is 0 Å². The second-order valence-electron chi connectivity index (χ2n) is 6.55. The van der Waals surface area contributed by atoms with Crippen LogP contribution in [0.3, 0.4) is 0 Å². The first-order valence-electron chi connectivity index (χ1n) is 8.73. The Hall–Kier alpha value is -1.99. The minimum atomic E-state index is 0.109. The third-order valence-corrected chi connectivity index (χ3v) is 5.46. The van der Waals surface area contributed by atoms with Crippen molar-refractivity contribution in [2.24, 2.45) is 0 Å². The fourth-order valence-electron chi connectivity index (χ4n) is 3.46. The Morgan fingerprint density at radius 1 is 1.36 bits per heavy atom. The van der Waals surface area contributed by atoms with Crippen LogP contribution in [0.25, 0.3) is 0 Å². The van der Waals surface area contributed by atoms with Crippen LogP contribution in [0.15, 0.2) is 16.8 Å². The maximum absolute atomic E-state index is 12.7. The van der Waals surface area contributed by atoms with Gasteiger partial charge in [-0.15, -0.1) is 0 Å². The molecule has 25 heavy (non-hydrogen) atoms. The molecule has 6 nitrogen and oxygen atoms in total. The number of amides is 1. The third kappa shape index (κ3) is 3.52. The van der Waals surface area contributed by atoms with Crippen LogP contribution < -0.4 is 5.32 Å². The van der Waals surface area contributed by atoms with Gasteiger partial charge in [-0.25, -0.2) is 9.97 Å². The molecule has 1 fully saturated rings. The molecular formula is C18H22N4O2S. The summed E-state index contributed by atoms with van der Waals surface area (Å²) in [7, 11) is 0. The van der Waals surface area contributed by atoms with Gasteiger partial charge in [-0.05, 0) is 31.2 Å². The lowest BCUT2D eigenvalue weighted by molar-refractivity contribution is 0.0763. The second-order valence-corrected chi connectivity index (χ2v) is 7.33. The Labute approximate surface area is 151 Å². The molecule has 0 radical (unpaired) electrons. The zero-order valence-corrected chi connectivity index (χ0v) is 15.1. The van der Waals surface area contributed by atoms with Crippen molar-refractivity contribution in [3.63, 3.8) is 0 Å². The SMILES string of the molecule is Cc1nc2c(c(N[C@H]3CCOC3)n1)CCN(C(=O)c1ccsc1)CC2. The first-order valence-corrected chi connectivity index (χ1v) is 9.67. The Morgan fingerprint density at radius 3 is 3.00 bits per heavy atom. The lowest BCUT2D eigenvalue weighted by atomic mass is 10.1. The number of hydrogen-bond acceptors (Lipinski definition) is 6. The lowest BCUT2D eigenvalue weighted by Gasteiger charge is -2.19. The standard InChI is InChI=1S/C18H22N4O2S/c1-12-19-16-3-7-22(18(23)13-5-9-25-11-13)6-2-15(16)17(20-12)21-14-4-8-24-10-14/h5,9,11,14H,2-4,6-8,10H2,1H3,(H,19,20,21)/t14-/m0/s1. The van der Waals surface area contributed by atoms with Crippen LogP contribution in [0.1, 0.15) is 33.9 Å². The van der Waals surface area contributed by atoms with E-state index in [0.29, 0.717) is 19.1 Å². The zero-order chi connectivity index (χ0) is 17.2. The number of aromatic nitrogens is 2. The van der Waals surface area contributed by atoms with Gasteiger partial charge in [0.1, 0.15) is 11.6 Å². The highest BCUT2D eigenvalue weighted by Crippen LogP contribution is 2.24. The molecule has 1 N–H and O–H groups in total. The molecule has 0 bridgehead atoms. The Morgan fingerprint density at radius 2 is 2.24 bits per heavy atom. The molecule has 1 atom stereocenters. The quantitative estimate of drug-likeness (QED) is 0.912. The van der Waals surface area contributed by atoms with Gasteiger partial charge < -0.3 is 15.0 Å². The number of ether oxygens (including phenoxy) is 1. The molecular weight excluding hydrogens is 336 g/mol. The molecule has 0 saturated carbocycles. The van der Waals surface area contributed by atoms with Crippen LogP contribution in [0, 0.1) is 6.92 Å². The van der Waals surface area contributed by atoms with Crippen LogP contribution in [-0.2, 0) is 17.6 Å². The summed E-state index contributed by atoms with van der Waals surface area (Å²) in [4.78, 5) is 23.9. The number of carbonyl (C=O) groups is 1. The van der Waals surface area contributed by atoms with Gasteiger partial charge in [0.15, 0.2) is 0 Å². The molecule has 0 spiro atoms. The van der Waals surface area contributed by atoms with Gasteiger partial charge in [-0.3, -0.25) is 4.79 Å². The van der Waals surface area contributed by atoms with Crippen LogP contribution in [0.2, 0.25) is 0 Å². The van der Waals surface area contributed by atoms with Crippen molar-refractivity contribution >= 4 is 23.1 Å². The van der Waals surface area contributed by atoms with Gasteiger partial charge in [0, 0.05) is 37.1 Å². The van der Waals surface area contributed by atoms with E-state index < -0.39 is 0 Å². The molecule has 2 aliphatic rings. The normalized spacial score (nSPS) is 20.2. The predicted octanol–water partition coefficient (Wildman–Crippen LogP) is 2.29. The monoisotopic (exact) mass is 358 g/mol. The second kappa shape index (κ2) is 7.09. The summed E-state index contributed by atoms with van der Waals surface area (Å²) in [5.41, 5.74) is 2.99. The molecule has 0 aliphatic carbocycles. The molecule has 4 rings (SSSR count). The number of nitrogens with one attached hydrogen (secondary N) is 1. The summed E-state index contributed by atoms with van der Waals surface area (Å²) in [5.74, 6) is 1.80. The van der Waals surface area contributed by atoms with Gasteiger partial charge in [0.05, 0.1) is 23.9 Å². The Balaban J connectivity index is 1.55. The van der Waals surface area contributed by atoms with E-state index in [9.17, 15) is 4.79 Å². The summed E-state index contributed by atoms with van der Waals surface area (Å²) < 4.78 is 5.46. The molecule has 132 valence electrons. The van der Waals surface area contributed by atoms with Crippen molar-refractivity contribution in [3.05, 3.63) is 39.5 Å². The van der Waals surface area contributed by atoms with Crippen LogP contribution in [0.4, 0.5) is 5.82 Å². The number of rotatable bonds is 3. The maximum Gasteiger partial charge on any atom is 0.254 e. The van der Waals surface area contributed by atoms with E-state index in [1.165, 1.54) is 0 Å². The van der Waals surface area contributed by atoms with Crippen molar-refractivity contribution in [1.29, 1.82) is 0 Å². The van der Waals surface area contributed by atoms with Crippen LogP contribution in [-0.4, -0.2) is 53.1 Å². The lowest BCUT2D eigenvalue weighted by Crippen LogP contribution is -2.33. The number of anilines is 1. The summed E-state index contributed by atoms with van der Waals surface area (Å²) in [5, 5.41) is 7.39. The van der Waals surface area contributed by atoms with Gasteiger partial charge in [-0.1, -0.05) is 0 Å². The van der Waals surface area contributed by atoms with Crippen LogP contribution in [0.5, 0.6) is 0 Å². The zero-order valence-electron chi connectivity index (χ0n) is 14.3. The average Bonchev–Trinajstić information content (AvgIpc) is 3.26. The highest BCUT2D eigenvalue weighted by Gasteiger charge is 2.25. The minimum absolute atomic E-state index is 0.109.